The van der Waals surface area contributed by atoms with Crippen LogP contribution < -0.4 is 10.4 Å². The van der Waals surface area contributed by atoms with E-state index in [0.29, 0.717) is 43.4 Å². The molecule has 0 saturated heterocycles. The minimum atomic E-state index is -0.675. The van der Waals surface area contributed by atoms with Crippen molar-refractivity contribution in [3.63, 3.8) is 0 Å². The van der Waals surface area contributed by atoms with Gasteiger partial charge in [0.05, 0.1) is 17.9 Å². The van der Waals surface area contributed by atoms with E-state index in [-0.39, 0.29) is 11.9 Å². The highest BCUT2D eigenvalue weighted by Gasteiger charge is 2.37. The fraction of sp³-hybridized carbons (Fsp3) is 0.542. The van der Waals surface area contributed by atoms with E-state index in [4.69, 9.17) is 13.9 Å². The van der Waals surface area contributed by atoms with Crippen LogP contribution in [0.15, 0.2) is 39.5 Å². The molecule has 0 radical (unpaired) electrons. The molecule has 0 amide bonds. The molecule has 1 aromatic carbocycles. The Morgan fingerprint density at radius 1 is 0.967 bits per heavy atom. The Kier molecular flexibility index (Phi) is 7.82. The maximum atomic E-state index is 13.0. The van der Waals surface area contributed by atoms with Crippen molar-refractivity contribution in [2.75, 3.05) is 7.11 Å². The first-order valence-corrected chi connectivity index (χ1v) is 10.5. The number of methoxy groups -OCH3 is 1. The minimum absolute atomic E-state index is 0.220. The molecule has 1 aromatic heterocycles. The van der Waals surface area contributed by atoms with E-state index in [1.54, 1.807) is 24.3 Å². The molecule has 6 nitrogen and oxygen atoms in total. The number of carbonyl (C=O) groups excluding carboxylic acids is 2. The van der Waals surface area contributed by atoms with Crippen molar-refractivity contribution < 1.29 is 23.5 Å². The van der Waals surface area contributed by atoms with Crippen LogP contribution >= 0.6 is 0 Å². The molecule has 0 spiro atoms. The molecule has 0 saturated carbocycles. The zero-order chi connectivity index (χ0) is 22.4. The van der Waals surface area contributed by atoms with Crippen LogP contribution in [0.25, 0.3) is 11.0 Å². The van der Waals surface area contributed by atoms with Crippen LogP contribution in [0.1, 0.15) is 66.2 Å². The van der Waals surface area contributed by atoms with Gasteiger partial charge in [0.15, 0.2) is 0 Å². The van der Waals surface area contributed by atoms with E-state index in [1.165, 1.54) is 13.2 Å². The topological polar surface area (TPSA) is 82.8 Å². The lowest BCUT2D eigenvalue weighted by Gasteiger charge is -2.30. The maximum absolute atomic E-state index is 13.0. The van der Waals surface area contributed by atoms with Crippen LogP contribution in [-0.2, 0) is 14.3 Å². The first-order valence-electron chi connectivity index (χ1n) is 10.5. The molecule has 0 fully saturated rings. The van der Waals surface area contributed by atoms with Gasteiger partial charge in [-0.05, 0) is 57.7 Å². The van der Waals surface area contributed by atoms with Crippen molar-refractivity contribution in [2.24, 2.45) is 10.8 Å². The van der Waals surface area contributed by atoms with Crippen molar-refractivity contribution in [3.05, 3.63) is 40.8 Å². The van der Waals surface area contributed by atoms with E-state index in [9.17, 15) is 14.4 Å². The molecule has 2 aromatic rings. The fourth-order valence-electron chi connectivity index (χ4n) is 3.75. The van der Waals surface area contributed by atoms with Crippen LogP contribution in [-0.4, -0.2) is 19.0 Å². The Labute approximate surface area is 177 Å². The molecule has 2 atom stereocenters. The predicted octanol–water partition coefficient (Wildman–Crippen LogP) is 5.26. The number of ether oxygens (including phenoxy) is 2. The third-order valence-corrected chi connectivity index (χ3v) is 6.02. The van der Waals surface area contributed by atoms with E-state index in [1.807, 2.05) is 27.7 Å². The summed E-state index contributed by atoms with van der Waals surface area (Å²) in [5.41, 5.74) is -1.30. The molecule has 0 N–H and O–H groups in total. The molecule has 2 unspecified atom stereocenters. The number of hydrogen-bond acceptors (Lipinski definition) is 6. The minimum Gasteiger partial charge on any atom is -0.469 e. The van der Waals surface area contributed by atoms with Crippen LogP contribution in [0, 0.1) is 10.8 Å². The lowest BCUT2D eigenvalue weighted by molar-refractivity contribution is -0.152. The third kappa shape index (κ3) is 5.49. The first kappa shape index (κ1) is 23.6. The zero-order valence-corrected chi connectivity index (χ0v) is 18.6. The molecule has 1 heterocycles. The van der Waals surface area contributed by atoms with Crippen molar-refractivity contribution in [3.8, 4) is 5.75 Å². The standard InChI is InChI=1S/C24H32O6/c1-6-13-24(4,15-8-14-23(3,7-2)21(26)28-5)22(27)29-18-11-9-17-10-12-20(25)30-19(17)16-18/h9-12,16H,6-8,13-15H2,1-5H3. The zero-order valence-electron chi connectivity index (χ0n) is 18.6. The van der Waals surface area contributed by atoms with Gasteiger partial charge in [0.2, 0.25) is 0 Å². The summed E-state index contributed by atoms with van der Waals surface area (Å²) in [6.45, 7) is 7.80. The van der Waals surface area contributed by atoms with Gasteiger partial charge in [-0.2, -0.15) is 0 Å². The molecule has 0 bridgehead atoms. The molecule has 0 aliphatic heterocycles. The van der Waals surface area contributed by atoms with Gasteiger partial charge in [0, 0.05) is 17.5 Å². The van der Waals surface area contributed by atoms with Crippen LogP contribution in [0.5, 0.6) is 5.75 Å². The number of hydrogen-bond donors (Lipinski definition) is 0. The molecule has 30 heavy (non-hydrogen) atoms. The summed E-state index contributed by atoms with van der Waals surface area (Å²) < 4.78 is 15.8. The summed E-state index contributed by atoms with van der Waals surface area (Å²) in [5, 5.41) is 0.757. The van der Waals surface area contributed by atoms with E-state index < -0.39 is 16.5 Å². The molecule has 2 rings (SSSR count). The van der Waals surface area contributed by atoms with Gasteiger partial charge in [-0.1, -0.05) is 26.7 Å². The van der Waals surface area contributed by atoms with Crippen molar-refractivity contribution in [2.45, 2.75) is 66.2 Å². The molecule has 0 aliphatic rings. The summed E-state index contributed by atoms with van der Waals surface area (Å²) in [6.07, 6.45) is 4.14. The number of rotatable bonds is 10. The maximum Gasteiger partial charge on any atom is 0.336 e. The summed E-state index contributed by atoms with van der Waals surface area (Å²) in [7, 11) is 1.40. The van der Waals surface area contributed by atoms with Gasteiger partial charge < -0.3 is 13.9 Å². The van der Waals surface area contributed by atoms with E-state index >= 15 is 0 Å². The Morgan fingerprint density at radius 2 is 1.63 bits per heavy atom. The SMILES string of the molecule is CCCC(C)(CCCC(C)(CC)C(=O)OC)C(=O)Oc1ccc2ccc(=O)oc2c1. The normalized spacial score (nSPS) is 15.2. The highest BCUT2D eigenvalue weighted by Crippen LogP contribution is 2.36. The molecular formula is C24H32O6. The van der Waals surface area contributed by atoms with Gasteiger partial charge >= 0.3 is 17.6 Å². The fourth-order valence-corrected chi connectivity index (χ4v) is 3.75. The second kappa shape index (κ2) is 9.92. The van der Waals surface area contributed by atoms with Crippen LogP contribution in [0.4, 0.5) is 0 Å². The van der Waals surface area contributed by atoms with E-state index in [2.05, 4.69) is 0 Å². The largest absolute Gasteiger partial charge is 0.469 e. The summed E-state index contributed by atoms with van der Waals surface area (Å²) in [5.74, 6) is -0.196. The first-order chi connectivity index (χ1) is 14.2. The molecular weight excluding hydrogens is 384 g/mol. The van der Waals surface area contributed by atoms with Gasteiger partial charge in [-0.15, -0.1) is 0 Å². The number of benzene rings is 1. The van der Waals surface area contributed by atoms with Gasteiger partial charge in [0.25, 0.3) is 0 Å². The Bertz CT molecular complexity index is 946. The number of carbonyl (C=O) groups is 2. The summed E-state index contributed by atoms with van der Waals surface area (Å²) in [6, 6.07) is 8.02. The van der Waals surface area contributed by atoms with Crippen molar-refractivity contribution in [1.29, 1.82) is 0 Å². The Hall–Kier alpha value is -2.63. The summed E-state index contributed by atoms with van der Waals surface area (Å²) >= 11 is 0. The van der Waals surface area contributed by atoms with Crippen LogP contribution in [0.3, 0.4) is 0 Å². The molecule has 0 aliphatic carbocycles. The second-order valence-electron chi connectivity index (χ2n) is 8.41. The monoisotopic (exact) mass is 416 g/mol. The lowest BCUT2D eigenvalue weighted by Crippen LogP contribution is -2.33. The summed E-state index contributed by atoms with van der Waals surface area (Å²) in [4.78, 5) is 36.6. The quantitative estimate of drug-likeness (QED) is 0.298. The highest BCUT2D eigenvalue weighted by atomic mass is 16.5. The number of fused-ring (bicyclic) bond motifs is 1. The number of esters is 2. The average molecular weight is 417 g/mol. The van der Waals surface area contributed by atoms with Crippen molar-refractivity contribution in [1.82, 2.24) is 0 Å². The smallest absolute Gasteiger partial charge is 0.336 e. The second-order valence-corrected chi connectivity index (χ2v) is 8.41. The Morgan fingerprint density at radius 3 is 2.27 bits per heavy atom. The van der Waals surface area contributed by atoms with Crippen molar-refractivity contribution >= 4 is 22.9 Å². The van der Waals surface area contributed by atoms with Crippen LogP contribution in [0.2, 0.25) is 0 Å². The van der Waals surface area contributed by atoms with Gasteiger partial charge in [0.1, 0.15) is 11.3 Å². The third-order valence-electron chi connectivity index (χ3n) is 6.02. The van der Waals surface area contributed by atoms with Gasteiger partial charge in [-0.3, -0.25) is 9.59 Å². The Balaban J connectivity index is 2.12. The molecule has 164 valence electrons. The molecule has 6 heteroatoms. The van der Waals surface area contributed by atoms with Gasteiger partial charge in [-0.25, -0.2) is 4.79 Å². The average Bonchev–Trinajstić information content (AvgIpc) is 2.72. The highest BCUT2D eigenvalue weighted by molar-refractivity contribution is 5.82. The van der Waals surface area contributed by atoms with E-state index in [0.717, 1.165) is 11.8 Å². The lowest BCUT2D eigenvalue weighted by atomic mass is 9.76. The predicted molar refractivity (Wildman–Crippen MR) is 115 cm³/mol.